The highest BCUT2D eigenvalue weighted by Gasteiger charge is 2.26. The van der Waals surface area contributed by atoms with E-state index in [1.807, 2.05) is 34.1 Å². The lowest BCUT2D eigenvalue weighted by Gasteiger charge is -2.32. The van der Waals surface area contributed by atoms with Gasteiger partial charge in [0.2, 0.25) is 5.91 Å². The van der Waals surface area contributed by atoms with Crippen molar-refractivity contribution in [3.63, 3.8) is 0 Å². The quantitative estimate of drug-likeness (QED) is 0.768. The summed E-state index contributed by atoms with van der Waals surface area (Å²) in [5.41, 5.74) is 0.717. The topological polar surface area (TPSA) is 59.1 Å². The first-order valence-corrected chi connectivity index (χ1v) is 9.93. The highest BCUT2D eigenvalue weighted by Crippen LogP contribution is 2.23. The molecule has 0 aliphatic carbocycles. The number of amides is 2. The number of hydrogen-bond acceptors (Lipinski definition) is 4. The summed E-state index contributed by atoms with van der Waals surface area (Å²) in [7, 11) is 1.61. The van der Waals surface area contributed by atoms with Crippen molar-refractivity contribution < 1.29 is 19.1 Å². The molecule has 0 unspecified atom stereocenters. The molecule has 2 fully saturated rings. The van der Waals surface area contributed by atoms with Gasteiger partial charge in [-0.3, -0.25) is 9.59 Å². The van der Waals surface area contributed by atoms with Crippen molar-refractivity contribution in [2.45, 2.75) is 51.2 Å². The SMILES string of the molecule is COCCC(=O)N1CCC(Oc2ccc(C(=O)N3CCC[C@H]3C)cc2)CC1. The van der Waals surface area contributed by atoms with E-state index in [2.05, 4.69) is 6.92 Å². The smallest absolute Gasteiger partial charge is 0.254 e. The Morgan fingerprint density at radius 3 is 2.37 bits per heavy atom. The first kappa shape index (κ1) is 19.7. The van der Waals surface area contributed by atoms with E-state index in [4.69, 9.17) is 9.47 Å². The molecule has 2 aliphatic rings. The fourth-order valence-corrected chi connectivity index (χ4v) is 3.84. The van der Waals surface area contributed by atoms with Crippen LogP contribution >= 0.6 is 0 Å². The lowest BCUT2D eigenvalue weighted by atomic mass is 10.1. The summed E-state index contributed by atoms with van der Waals surface area (Å²) < 4.78 is 11.0. The monoisotopic (exact) mass is 374 g/mol. The third-order valence-corrected chi connectivity index (χ3v) is 5.53. The second-order valence-corrected chi connectivity index (χ2v) is 7.45. The van der Waals surface area contributed by atoms with Crippen LogP contribution in [0.5, 0.6) is 5.75 Å². The molecule has 27 heavy (non-hydrogen) atoms. The summed E-state index contributed by atoms with van der Waals surface area (Å²) in [5, 5.41) is 0. The Morgan fingerprint density at radius 1 is 1.07 bits per heavy atom. The van der Waals surface area contributed by atoms with Gasteiger partial charge in [-0.25, -0.2) is 0 Å². The number of nitrogens with zero attached hydrogens (tertiary/aromatic N) is 2. The largest absolute Gasteiger partial charge is 0.490 e. The summed E-state index contributed by atoms with van der Waals surface area (Å²) in [6, 6.07) is 7.79. The average molecular weight is 374 g/mol. The highest BCUT2D eigenvalue weighted by atomic mass is 16.5. The first-order valence-electron chi connectivity index (χ1n) is 9.93. The molecule has 0 saturated carbocycles. The fourth-order valence-electron chi connectivity index (χ4n) is 3.84. The molecule has 2 heterocycles. The Morgan fingerprint density at radius 2 is 1.78 bits per heavy atom. The van der Waals surface area contributed by atoms with Crippen LogP contribution in [0, 0.1) is 0 Å². The van der Waals surface area contributed by atoms with Crippen LogP contribution in [0.4, 0.5) is 0 Å². The summed E-state index contributed by atoms with van der Waals surface area (Å²) >= 11 is 0. The average Bonchev–Trinajstić information content (AvgIpc) is 3.12. The molecule has 0 radical (unpaired) electrons. The minimum Gasteiger partial charge on any atom is -0.490 e. The molecule has 6 nitrogen and oxygen atoms in total. The number of likely N-dealkylation sites (tertiary alicyclic amines) is 2. The number of carbonyl (C=O) groups is 2. The van der Waals surface area contributed by atoms with Crippen LogP contribution in [0.25, 0.3) is 0 Å². The van der Waals surface area contributed by atoms with Crippen LogP contribution < -0.4 is 4.74 Å². The van der Waals surface area contributed by atoms with Crippen molar-refractivity contribution in [2.75, 3.05) is 33.4 Å². The minimum atomic E-state index is 0.106. The van der Waals surface area contributed by atoms with Gasteiger partial charge >= 0.3 is 0 Å². The molecule has 0 aromatic heterocycles. The van der Waals surface area contributed by atoms with Crippen LogP contribution in [0.2, 0.25) is 0 Å². The van der Waals surface area contributed by atoms with Crippen molar-refractivity contribution in [1.82, 2.24) is 9.80 Å². The Labute approximate surface area is 161 Å². The van der Waals surface area contributed by atoms with Gasteiger partial charge in [-0.2, -0.15) is 0 Å². The molecule has 1 aromatic carbocycles. The summed E-state index contributed by atoms with van der Waals surface area (Å²) in [6.07, 6.45) is 4.36. The van der Waals surface area contributed by atoms with Crippen LogP contribution in [0.15, 0.2) is 24.3 Å². The molecular weight excluding hydrogens is 344 g/mol. The van der Waals surface area contributed by atoms with E-state index in [1.54, 1.807) is 7.11 Å². The van der Waals surface area contributed by atoms with Crippen LogP contribution in [0.1, 0.15) is 49.4 Å². The zero-order chi connectivity index (χ0) is 19.2. The third-order valence-electron chi connectivity index (χ3n) is 5.53. The van der Waals surface area contributed by atoms with Gasteiger partial charge < -0.3 is 19.3 Å². The van der Waals surface area contributed by atoms with Gasteiger partial charge in [-0.05, 0) is 44.0 Å². The van der Waals surface area contributed by atoms with Crippen molar-refractivity contribution >= 4 is 11.8 Å². The fraction of sp³-hybridized carbons (Fsp3) is 0.619. The predicted octanol–water partition coefficient (Wildman–Crippen LogP) is 2.72. The van der Waals surface area contributed by atoms with Crippen LogP contribution in [0.3, 0.4) is 0 Å². The normalized spacial score (nSPS) is 20.7. The standard InChI is InChI=1S/C21H30N2O4/c1-16-4-3-12-23(16)21(25)17-5-7-18(8-6-17)27-19-9-13-22(14-10-19)20(24)11-15-26-2/h5-8,16,19H,3-4,9-15H2,1-2H3/t16-/m1/s1. The van der Waals surface area contributed by atoms with E-state index in [-0.39, 0.29) is 17.9 Å². The van der Waals surface area contributed by atoms with Crippen molar-refractivity contribution in [3.8, 4) is 5.75 Å². The van der Waals surface area contributed by atoms with Crippen LogP contribution in [-0.2, 0) is 9.53 Å². The van der Waals surface area contributed by atoms with Gasteiger partial charge in [0.05, 0.1) is 13.0 Å². The molecule has 2 amide bonds. The molecular formula is C21H30N2O4. The summed E-state index contributed by atoms with van der Waals surface area (Å²) in [6.45, 7) is 4.86. The van der Waals surface area contributed by atoms with Gasteiger partial charge in [-0.1, -0.05) is 0 Å². The number of carbonyl (C=O) groups excluding carboxylic acids is 2. The number of rotatable bonds is 6. The molecule has 3 rings (SSSR count). The van der Waals surface area contributed by atoms with Crippen LogP contribution in [-0.4, -0.2) is 67.1 Å². The zero-order valence-electron chi connectivity index (χ0n) is 16.4. The van der Waals surface area contributed by atoms with Gasteiger partial charge in [0, 0.05) is 51.2 Å². The lowest BCUT2D eigenvalue weighted by Crippen LogP contribution is -2.42. The van der Waals surface area contributed by atoms with Gasteiger partial charge in [0.25, 0.3) is 5.91 Å². The zero-order valence-corrected chi connectivity index (χ0v) is 16.4. The van der Waals surface area contributed by atoms with E-state index in [9.17, 15) is 9.59 Å². The molecule has 1 aromatic rings. The maximum absolute atomic E-state index is 12.6. The Kier molecular flexibility index (Phi) is 6.72. The lowest BCUT2D eigenvalue weighted by molar-refractivity contribution is -0.133. The first-order chi connectivity index (χ1) is 13.1. The molecule has 1 atom stereocenters. The summed E-state index contributed by atoms with van der Waals surface area (Å²) in [4.78, 5) is 28.4. The number of ether oxygens (including phenoxy) is 2. The van der Waals surface area contributed by atoms with E-state index < -0.39 is 0 Å². The molecule has 2 saturated heterocycles. The van der Waals surface area contributed by atoms with E-state index in [0.29, 0.717) is 19.1 Å². The Balaban J connectivity index is 1.48. The van der Waals surface area contributed by atoms with Crippen molar-refractivity contribution in [3.05, 3.63) is 29.8 Å². The third kappa shape index (κ3) is 5.01. The van der Waals surface area contributed by atoms with Crippen molar-refractivity contribution in [1.29, 1.82) is 0 Å². The highest BCUT2D eigenvalue weighted by molar-refractivity contribution is 5.94. The Hall–Kier alpha value is -2.08. The number of benzene rings is 1. The molecule has 6 heteroatoms. The van der Waals surface area contributed by atoms with Gasteiger partial charge in [0.1, 0.15) is 11.9 Å². The maximum Gasteiger partial charge on any atom is 0.254 e. The number of hydrogen-bond donors (Lipinski definition) is 0. The second-order valence-electron chi connectivity index (χ2n) is 7.45. The Bertz CT molecular complexity index is 638. The predicted molar refractivity (Wildman–Crippen MR) is 103 cm³/mol. The van der Waals surface area contributed by atoms with Crippen molar-refractivity contribution in [2.24, 2.45) is 0 Å². The van der Waals surface area contributed by atoms with E-state index in [1.165, 1.54) is 0 Å². The molecule has 0 spiro atoms. The molecule has 0 bridgehead atoms. The maximum atomic E-state index is 12.6. The second kappa shape index (κ2) is 9.22. The van der Waals surface area contributed by atoms with E-state index >= 15 is 0 Å². The molecule has 0 N–H and O–H groups in total. The molecule has 2 aliphatic heterocycles. The van der Waals surface area contributed by atoms with E-state index in [0.717, 1.165) is 56.6 Å². The van der Waals surface area contributed by atoms with Gasteiger partial charge in [0.15, 0.2) is 0 Å². The minimum absolute atomic E-state index is 0.106. The summed E-state index contributed by atoms with van der Waals surface area (Å²) in [5.74, 6) is 1.04. The van der Waals surface area contributed by atoms with Gasteiger partial charge in [-0.15, -0.1) is 0 Å². The number of methoxy groups -OCH3 is 1. The molecule has 148 valence electrons. The number of piperidine rings is 1.